The molecule has 0 aliphatic heterocycles. The maximum Gasteiger partial charge on any atom is 0.306 e. The monoisotopic (exact) mass is 673 g/mol. The van der Waals surface area contributed by atoms with E-state index < -0.39 is 6.10 Å². The lowest BCUT2D eigenvalue weighted by Crippen LogP contribution is -2.30. The molecule has 5 heteroatoms. The van der Waals surface area contributed by atoms with Crippen LogP contribution in [0.4, 0.5) is 0 Å². The van der Waals surface area contributed by atoms with Crippen LogP contribution in [-0.2, 0) is 23.8 Å². The van der Waals surface area contributed by atoms with Gasteiger partial charge in [0.1, 0.15) is 6.61 Å². The Hall–Kier alpha value is -2.14. The van der Waals surface area contributed by atoms with Gasteiger partial charge in [-0.2, -0.15) is 0 Å². The van der Waals surface area contributed by atoms with E-state index >= 15 is 0 Å². The Morgan fingerprint density at radius 1 is 0.479 bits per heavy atom. The molecule has 1 atom stereocenters. The Balaban J connectivity index is 4.28. The highest BCUT2D eigenvalue weighted by Gasteiger charge is 2.17. The minimum Gasteiger partial charge on any atom is -0.462 e. The van der Waals surface area contributed by atoms with Gasteiger partial charge in [-0.1, -0.05) is 153 Å². The van der Waals surface area contributed by atoms with Crippen LogP contribution in [0.1, 0.15) is 188 Å². The third kappa shape index (κ3) is 36.7. The van der Waals surface area contributed by atoms with Crippen LogP contribution in [0.25, 0.3) is 0 Å². The zero-order chi connectivity index (χ0) is 35.0. The molecule has 0 saturated carbocycles. The summed E-state index contributed by atoms with van der Waals surface area (Å²) < 4.78 is 17.1. The van der Waals surface area contributed by atoms with Crippen molar-refractivity contribution in [3.8, 4) is 0 Å². The van der Waals surface area contributed by atoms with Crippen LogP contribution < -0.4 is 0 Å². The SMILES string of the molecule is CC/C=C\C/C=C\C/C=C\CCCCCC(=O)OCC(COCCCCCCCCCC)OC(=O)CCCCCCC/C=C\CCCC. The first kappa shape index (κ1) is 45.9. The van der Waals surface area contributed by atoms with E-state index in [9.17, 15) is 9.59 Å². The van der Waals surface area contributed by atoms with Crippen molar-refractivity contribution in [2.45, 2.75) is 194 Å². The fourth-order valence-electron chi connectivity index (χ4n) is 5.33. The highest BCUT2D eigenvalue weighted by molar-refractivity contribution is 5.70. The van der Waals surface area contributed by atoms with Crippen LogP contribution in [0.5, 0.6) is 0 Å². The molecule has 0 aliphatic carbocycles. The molecule has 48 heavy (non-hydrogen) atoms. The molecule has 0 rings (SSSR count). The summed E-state index contributed by atoms with van der Waals surface area (Å²) in [6, 6.07) is 0. The van der Waals surface area contributed by atoms with Crippen molar-refractivity contribution in [2.24, 2.45) is 0 Å². The zero-order valence-electron chi connectivity index (χ0n) is 31.7. The lowest BCUT2D eigenvalue weighted by molar-refractivity contribution is -0.163. The molecule has 0 saturated heterocycles. The van der Waals surface area contributed by atoms with Gasteiger partial charge in [0, 0.05) is 19.4 Å². The van der Waals surface area contributed by atoms with Crippen molar-refractivity contribution in [3.05, 3.63) is 48.6 Å². The standard InChI is InChI=1S/C43H76O5/c1-4-7-10-13-16-19-21-22-24-25-27-30-33-36-42(44)47-40-41(39-46-38-35-32-29-18-15-12-9-6-3)48-43(45)37-34-31-28-26-23-20-17-14-11-8-5-2/h7,10,14,16-17,19,22,24,41H,4-6,8-9,11-13,15,18,20-21,23,25-40H2,1-3H3/b10-7-,17-14-,19-16-,24-22-. The molecule has 0 heterocycles. The number of ether oxygens (including phenoxy) is 3. The highest BCUT2D eigenvalue weighted by atomic mass is 16.6. The molecule has 0 bridgehead atoms. The summed E-state index contributed by atoms with van der Waals surface area (Å²) in [4.78, 5) is 25.0. The molecule has 0 radical (unpaired) electrons. The van der Waals surface area contributed by atoms with Crippen molar-refractivity contribution in [3.63, 3.8) is 0 Å². The molecule has 0 aliphatic rings. The van der Waals surface area contributed by atoms with Gasteiger partial charge in [-0.15, -0.1) is 0 Å². The van der Waals surface area contributed by atoms with E-state index in [0.29, 0.717) is 19.4 Å². The summed E-state index contributed by atoms with van der Waals surface area (Å²) in [6.45, 7) is 7.61. The molecule has 278 valence electrons. The minimum atomic E-state index is -0.545. The summed E-state index contributed by atoms with van der Waals surface area (Å²) >= 11 is 0. The summed E-state index contributed by atoms with van der Waals surface area (Å²) in [5.41, 5.74) is 0. The normalized spacial score (nSPS) is 12.6. The lowest BCUT2D eigenvalue weighted by atomic mass is 10.1. The predicted octanol–water partition coefficient (Wildman–Crippen LogP) is 12.9. The molecular formula is C43H76O5. The number of unbranched alkanes of at least 4 members (excludes halogenated alkanes) is 17. The van der Waals surface area contributed by atoms with Gasteiger partial charge < -0.3 is 14.2 Å². The first-order valence-corrected chi connectivity index (χ1v) is 20.2. The summed E-state index contributed by atoms with van der Waals surface area (Å²) in [5, 5.41) is 0. The van der Waals surface area contributed by atoms with Gasteiger partial charge in [0.15, 0.2) is 6.10 Å². The highest BCUT2D eigenvalue weighted by Crippen LogP contribution is 2.12. The van der Waals surface area contributed by atoms with Gasteiger partial charge in [0.05, 0.1) is 6.61 Å². The zero-order valence-corrected chi connectivity index (χ0v) is 31.7. The van der Waals surface area contributed by atoms with Crippen molar-refractivity contribution < 1.29 is 23.8 Å². The van der Waals surface area contributed by atoms with Gasteiger partial charge in [-0.25, -0.2) is 0 Å². The molecule has 0 aromatic heterocycles. The Bertz CT molecular complexity index is 812. The maximum absolute atomic E-state index is 12.6. The second-order valence-electron chi connectivity index (χ2n) is 13.2. The molecule has 0 spiro atoms. The third-order valence-electron chi connectivity index (χ3n) is 8.35. The van der Waals surface area contributed by atoms with E-state index in [-0.39, 0.29) is 25.2 Å². The van der Waals surface area contributed by atoms with Crippen molar-refractivity contribution in [2.75, 3.05) is 19.8 Å². The molecule has 0 aromatic carbocycles. The van der Waals surface area contributed by atoms with Crippen molar-refractivity contribution in [1.29, 1.82) is 0 Å². The largest absolute Gasteiger partial charge is 0.462 e. The first-order chi connectivity index (χ1) is 23.6. The van der Waals surface area contributed by atoms with E-state index in [1.54, 1.807) is 0 Å². The van der Waals surface area contributed by atoms with E-state index in [1.807, 2.05) is 0 Å². The Morgan fingerprint density at radius 3 is 1.60 bits per heavy atom. The Labute approximate surface area is 297 Å². The number of hydrogen-bond acceptors (Lipinski definition) is 5. The Kier molecular flexibility index (Phi) is 37.5. The average molecular weight is 673 g/mol. The summed E-state index contributed by atoms with van der Waals surface area (Å²) in [5.74, 6) is -0.445. The molecule has 0 N–H and O–H groups in total. The second kappa shape index (κ2) is 39.3. The lowest BCUT2D eigenvalue weighted by Gasteiger charge is -2.18. The van der Waals surface area contributed by atoms with Gasteiger partial charge in [0.25, 0.3) is 0 Å². The summed E-state index contributed by atoms with van der Waals surface area (Å²) in [7, 11) is 0. The van der Waals surface area contributed by atoms with Crippen molar-refractivity contribution >= 4 is 11.9 Å². The summed E-state index contributed by atoms with van der Waals surface area (Å²) in [6.07, 6.45) is 45.3. The van der Waals surface area contributed by atoms with E-state index in [1.165, 1.54) is 70.6 Å². The third-order valence-corrected chi connectivity index (χ3v) is 8.35. The number of carbonyl (C=O) groups is 2. The van der Waals surface area contributed by atoms with Gasteiger partial charge >= 0.3 is 11.9 Å². The van der Waals surface area contributed by atoms with Gasteiger partial charge in [-0.3, -0.25) is 9.59 Å². The van der Waals surface area contributed by atoms with Crippen LogP contribution in [0.2, 0.25) is 0 Å². The molecule has 0 aromatic rings. The molecular weight excluding hydrogens is 596 g/mol. The molecule has 5 nitrogen and oxygen atoms in total. The maximum atomic E-state index is 12.6. The van der Waals surface area contributed by atoms with Crippen molar-refractivity contribution in [1.82, 2.24) is 0 Å². The molecule has 0 amide bonds. The number of hydrogen-bond donors (Lipinski definition) is 0. The fraction of sp³-hybridized carbons (Fsp3) is 0.767. The van der Waals surface area contributed by atoms with Crippen LogP contribution in [0.15, 0.2) is 48.6 Å². The van der Waals surface area contributed by atoms with Gasteiger partial charge in [0.2, 0.25) is 0 Å². The van der Waals surface area contributed by atoms with Crippen LogP contribution >= 0.6 is 0 Å². The van der Waals surface area contributed by atoms with Gasteiger partial charge in [-0.05, 0) is 70.6 Å². The van der Waals surface area contributed by atoms with E-state index in [0.717, 1.165) is 83.5 Å². The Morgan fingerprint density at radius 2 is 0.958 bits per heavy atom. The second-order valence-corrected chi connectivity index (χ2v) is 13.2. The van der Waals surface area contributed by atoms with Crippen LogP contribution in [0.3, 0.4) is 0 Å². The molecule has 1 unspecified atom stereocenters. The average Bonchev–Trinajstić information content (AvgIpc) is 3.08. The topological polar surface area (TPSA) is 61.8 Å². The van der Waals surface area contributed by atoms with Crippen LogP contribution in [-0.4, -0.2) is 37.9 Å². The number of esters is 2. The van der Waals surface area contributed by atoms with Crippen LogP contribution in [0, 0.1) is 0 Å². The number of allylic oxidation sites excluding steroid dienone is 8. The number of carbonyl (C=O) groups excluding carboxylic acids is 2. The predicted molar refractivity (Wildman–Crippen MR) is 205 cm³/mol. The smallest absolute Gasteiger partial charge is 0.306 e. The fourth-order valence-corrected chi connectivity index (χ4v) is 5.33. The molecule has 0 fully saturated rings. The first-order valence-electron chi connectivity index (χ1n) is 20.2. The quantitative estimate of drug-likeness (QED) is 0.0376. The van der Waals surface area contributed by atoms with E-state index in [2.05, 4.69) is 69.4 Å². The minimum absolute atomic E-state index is 0.0677. The van der Waals surface area contributed by atoms with E-state index in [4.69, 9.17) is 14.2 Å². The number of rotatable bonds is 36.